The van der Waals surface area contributed by atoms with E-state index in [-0.39, 0.29) is 0 Å². The lowest BCUT2D eigenvalue weighted by Crippen LogP contribution is -2.28. The van der Waals surface area contributed by atoms with E-state index in [0.717, 1.165) is 12.0 Å². The van der Waals surface area contributed by atoms with Gasteiger partial charge in [-0.25, -0.2) is 0 Å². The Morgan fingerprint density at radius 2 is 1.63 bits per heavy atom. The highest BCUT2D eigenvalue weighted by atomic mass is 16.3. The van der Waals surface area contributed by atoms with Crippen LogP contribution in [0.1, 0.15) is 18.9 Å². The van der Waals surface area contributed by atoms with Gasteiger partial charge in [0.25, 0.3) is 0 Å². The van der Waals surface area contributed by atoms with E-state index >= 15 is 0 Å². The van der Waals surface area contributed by atoms with Gasteiger partial charge in [-0.15, -0.1) is 0 Å². The van der Waals surface area contributed by atoms with Crippen LogP contribution in [0.25, 0.3) is 11.1 Å². The van der Waals surface area contributed by atoms with Gasteiger partial charge in [-0.3, -0.25) is 0 Å². The summed E-state index contributed by atoms with van der Waals surface area (Å²) in [4.78, 5) is 0. The first-order valence-electron chi connectivity index (χ1n) is 6.79. The average molecular weight is 253 g/mol. The first kappa shape index (κ1) is 12.4. The Labute approximate surface area is 114 Å². The molecule has 2 aromatic rings. The molecule has 98 valence electrons. The van der Waals surface area contributed by atoms with Crippen molar-refractivity contribution in [3.8, 4) is 11.1 Å². The van der Waals surface area contributed by atoms with Gasteiger partial charge in [0.05, 0.1) is 0 Å². The Bertz CT molecular complexity index is 549. The summed E-state index contributed by atoms with van der Waals surface area (Å²) in [5, 5.41) is 13.9. The number of benzene rings is 2. The molecule has 1 aliphatic heterocycles. The normalized spacial score (nSPS) is 26.5. The summed E-state index contributed by atoms with van der Waals surface area (Å²) in [5.74, 6) is 0. The Hall–Kier alpha value is -1.64. The minimum Gasteiger partial charge on any atom is -0.384 e. The van der Waals surface area contributed by atoms with Gasteiger partial charge >= 0.3 is 0 Å². The second-order valence-electron chi connectivity index (χ2n) is 5.46. The highest BCUT2D eigenvalue weighted by Gasteiger charge is 2.36. The Kier molecular flexibility index (Phi) is 3.13. The van der Waals surface area contributed by atoms with Gasteiger partial charge in [-0.1, -0.05) is 54.6 Å². The standard InChI is InChI=1S/C17H19NO/c1-13-11-17(19,12-18-13)16-9-7-15(8-10-16)14-5-3-2-4-6-14/h2-10,13,18-19H,11-12H2,1H3. The lowest BCUT2D eigenvalue weighted by molar-refractivity contribution is 0.0565. The Morgan fingerprint density at radius 1 is 1.00 bits per heavy atom. The molecule has 0 saturated carbocycles. The fourth-order valence-corrected chi connectivity index (χ4v) is 2.82. The molecule has 1 saturated heterocycles. The molecule has 1 fully saturated rings. The third kappa shape index (κ3) is 2.42. The minimum atomic E-state index is -0.714. The zero-order valence-electron chi connectivity index (χ0n) is 11.1. The van der Waals surface area contributed by atoms with E-state index in [1.807, 2.05) is 30.3 Å². The SMILES string of the molecule is CC1CC(O)(c2ccc(-c3ccccc3)cc2)CN1. The molecule has 1 aliphatic rings. The first-order chi connectivity index (χ1) is 9.17. The summed E-state index contributed by atoms with van der Waals surface area (Å²) in [6.45, 7) is 2.75. The molecule has 2 N–H and O–H groups in total. The van der Waals surface area contributed by atoms with Gasteiger partial charge in [-0.2, -0.15) is 0 Å². The highest BCUT2D eigenvalue weighted by Crippen LogP contribution is 2.31. The molecule has 2 aromatic carbocycles. The quantitative estimate of drug-likeness (QED) is 0.862. The van der Waals surface area contributed by atoms with Gasteiger partial charge in [-0.05, 0) is 30.0 Å². The van der Waals surface area contributed by atoms with Crippen LogP contribution in [-0.2, 0) is 5.60 Å². The molecule has 0 amide bonds. The molecule has 1 heterocycles. The summed E-state index contributed by atoms with van der Waals surface area (Å²) in [5.41, 5.74) is 2.68. The van der Waals surface area contributed by atoms with Crippen LogP contribution >= 0.6 is 0 Å². The molecular formula is C17H19NO. The summed E-state index contributed by atoms with van der Waals surface area (Å²) in [6.07, 6.45) is 0.775. The first-order valence-corrected chi connectivity index (χ1v) is 6.79. The summed E-state index contributed by atoms with van der Waals surface area (Å²) in [7, 11) is 0. The fraction of sp³-hybridized carbons (Fsp3) is 0.294. The fourth-order valence-electron chi connectivity index (χ4n) is 2.82. The molecule has 0 spiro atoms. The van der Waals surface area contributed by atoms with Crippen molar-refractivity contribution in [2.45, 2.75) is 25.0 Å². The molecule has 0 radical (unpaired) electrons. The van der Waals surface area contributed by atoms with E-state index in [1.165, 1.54) is 11.1 Å². The third-order valence-electron chi connectivity index (χ3n) is 3.92. The average Bonchev–Trinajstić information content (AvgIpc) is 2.81. The van der Waals surface area contributed by atoms with Gasteiger partial charge in [0.2, 0.25) is 0 Å². The molecule has 0 aromatic heterocycles. The lowest BCUT2D eigenvalue weighted by Gasteiger charge is -2.22. The maximum atomic E-state index is 10.6. The Balaban J connectivity index is 1.87. The number of nitrogens with one attached hydrogen (secondary N) is 1. The van der Waals surface area contributed by atoms with Crippen molar-refractivity contribution in [3.63, 3.8) is 0 Å². The number of hydrogen-bond donors (Lipinski definition) is 2. The molecule has 2 atom stereocenters. The highest BCUT2D eigenvalue weighted by molar-refractivity contribution is 5.63. The minimum absolute atomic E-state index is 0.374. The van der Waals surface area contributed by atoms with E-state index in [2.05, 4.69) is 36.5 Å². The molecule has 19 heavy (non-hydrogen) atoms. The van der Waals surface area contributed by atoms with Crippen LogP contribution in [0.2, 0.25) is 0 Å². The summed E-state index contributed by atoms with van der Waals surface area (Å²) < 4.78 is 0. The van der Waals surface area contributed by atoms with Crippen LogP contribution in [0.15, 0.2) is 54.6 Å². The number of hydrogen-bond acceptors (Lipinski definition) is 2. The predicted octanol–water partition coefficient (Wildman–Crippen LogP) is 2.92. The van der Waals surface area contributed by atoms with Gasteiger partial charge in [0.1, 0.15) is 5.60 Å². The van der Waals surface area contributed by atoms with Crippen molar-refractivity contribution in [2.75, 3.05) is 6.54 Å². The van der Waals surface area contributed by atoms with Crippen molar-refractivity contribution < 1.29 is 5.11 Å². The topological polar surface area (TPSA) is 32.3 Å². The van der Waals surface area contributed by atoms with Crippen molar-refractivity contribution in [3.05, 3.63) is 60.2 Å². The second-order valence-corrected chi connectivity index (χ2v) is 5.46. The van der Waals surface area contributed by atoms with Gasteiger partial charge < -0.3 is 10.4 Å². The van der Waals surface area contributed by atoms with Crippen LogP contribution in [0.4, 0.5) is 0 Å². The van der Waals surface area contributed by atoms with Crippen LogP contribution in [0.3, 0.4) is 0 Å². The second kappa shape index (κ2) is 4.80. The zero-order valence-corrected chi connectivity index (χ0v) is 11.1. The van der Waals surface area contributed by atoms with Gasteiger partial charge in [0, 0.05) is 12.6 Å². The van der Waals surface area contributed by atoms with Crippen LogP contribution in [0.5, 0.6) is 0 Å². The van der Waals surface area contributed by atoms with E-state index in [4.69, 9.17) is 0 Å². The van der Waals surface area contributed by atoms with Gasteiger partial charge in [0.15, 0.2) is 0 Å². The van der Waals surface area contributed by atoms with Crippen LogP contribution < -0.4 is 5.32 Å². The smallest absolute Gasteiger partial charge is 0.103 e. The molecule has 0 aliphatic carbocycles. The van der Waals surface area contributed by atoms with Crippen molar-refractivity contribution in [1.82, 2.24) is 5.32 Å². The third-order valence-corrected chi connectivity index (χ3v) is 3.92. The van der Waals surface area contributed by atoms with Crippen molar-refractivity contribution in [2.24, 2.45) is 0 Å². The molecule has 3 rings (SSSR count). The van der Waals surface area contributed by atoms with Crippen LogP contribution in [0, 0.1) is 0 Å². The Morgan fingerprint density at radius 3 is 2.21 bits per heavy atom. The van der Waals surface area contributed by atoms with E-state index in [9.17, 15) is 5.11 Å². The number of rotatable bonds is 2. The van der Waals surface area contributed by atoms with Crippen LogP contribution in [-0.4, -0.2) is 17.7 Å². The van der Waals surface area contributed by atoms with E-state index in [1.54, 1.807) is 0 Å². The van der Waals surface area contributed by atoms with Crippen molar-refractivity contribution in [1.29, 1.82) is 0 Å². The van der Waals surface area contributed by atoms with Crippen molar-refractivity contribution >= 4 is 0 Å². The van der Waals surface area contributed by atoms with E-state index < -0.39 is 5.60 Å². The largest absolute Gasteiger partial charge is 0.384 e. The monoisotopic (exact) mass is 253 g/mol. The number of β-amino-alcohol motifs (C(OH)–C–C–N with tert-alkyl or cyclic N) is 1. The number of aliphatic hydroxyl groups is 1. The lowest BCUT2D eigenvalue weighted by atomic mass is 9.90. The zero-order chi connectivity index (χ0) is 13.3. The summed E-state index contributed by atoms with van der Waals surface area (Å²) in [6, 6.07) is 18.9. The van der Waals surface area contributed by atoms with E-state index in [0.29, 0.717) is 12.6 Å². The molecule has 0 bridgehead atoms. The molecule has 2 unspecified atom stereocenters. The molecule has 2 heteroatoms. The maximum absolute atomic E-state index is 10.6. The molecular weight excluding hydrogens is 234 g/mol. The summed E-state index contributed by atoms with van der Waals surface area (Å²) >= 11 is 0. The predicted molar refractivity (Wildman–Crippen MR) is 77.9 cm³/mol. The maximum Gasteiger partial charge on any atom is 0.103 e. The molecule has 2 nitrogen and oxygen atoms in total.